The van der Waals surface area contributed by atoms with Gasteiger partial charge in [-0.25, -0.2) is 9.97 Å². The van der Waals surface area contributed by atoms with E-state index >= 15 is 0 Å². The van der Waals surface area contributed by atoms with E-state index in [2.05, 4.69) is 10.3 Å². The first-order valence-corrected chi connectivity index (χ1v) is 10.1. The van der Waals surface area contributed by atoms with E-state index in [1.807, 2.05) is 38.1 Å². The van der Waals surface area contributed by atoms with Gasteiger partial charge in [-0.05, 0) is 50.3 Å². The molecule has 1 saturated carbocycles. The van der Waals surface area contributed by atoms with Crippen LogP contribution in [0.25, 0.3) is 10.2 Å². The largest absolute Gasteiger partial charge is 0.496 e. The quantitative estimate of drug-likeness (QED) is 0.696. The van der Waals surface area contributed by atoms with Crippen molar-refractivity contribution in [1.82, 2.24) is 15.3 Å². The Balaban J connectivity index is 1.50. The average molecular weight is 382 g/mol. The lowest BCUT2D eigenvalue weighted by Gasteiger charge is -2.09. The van der Waals surface area contributed by atoms with Gasteiger partial charge in [0.2, 0.25) is 0 Å². The van der Waals surface area contributed by atoms with Crippen molar-refractivity contribution < 1.29 is 9.53 Å². The van der Waals surface area contributed by atoms with Crippen LogP contribution in [-0.4, -0.2) is 29.5 Å². The Labute approximate surface area is 162 Å². The summed E-state index contributed by atoms with van der Waals surface area (Å²) in [6.07, 6.45) is 3.07. The lowest BCUT2D eigenvalue weighted by Crippen LogP contribution is -2.25. The van der Waals surface area contributed by atoms with Crippen LogP contribution in [-0.2, 0) is 6.42 Å². The van der Waals surface area contributed by atoms with Gasteiger partial charge in [-0.1, -0.05) is 18.2 Å². The lowest BCUT2D eigenvalue weighted by atomic mass is 10.1. The number of thiophene rings is 1. The zero-order valence-corrected chi connectivity index (χ0v) is 16.7. The first-order chi connectivity index (χ1) is 13.1. The molecule has 1 aliphatic carbocycles. The summed E-state index contributed by atoms with van der Waals surface area (Å²) < 4.78 is 5.37. The number of methoxy groups -OCH3 is 1. The van der Waals surface area contributed by atoms with Crippen LogP contribution in [0.15, 0.2) is 24.3 Å². The highest BCUT2D eigenvalue weighted by Crippen LogP contribution is 2.40. The van der Waals surface area contributed by atoms with Crippen LogP contribution in [0.5, 0.6) is 5.75 Å². The molecule has 4 rings (SSSR count). The van der Waals surface area contributed by atoms with Crippen LogP contribution in [0.2, 0.25) is 0 Å². The van der Waals surface area contributed by atoms with Crippen molar-refractivity contribution in [2.75, 3.05) is 13.7 Å². The van der Waals surface area contributed by atoms with Crippen molar-refractivity contribution in [1.29, 1.82) is 0 Å². The van der Waals surface area contributed by atoms with Gasteiger partial charge < -0.3 is 10.1 Å². The van der Waals surface area contributed by atoms with Gasteiger partial charge in [-0.3, -0.25) is 4.79 Å². The molecule has 0 unspecified atom stereocenters. The van der Waals surface area contributed by atoms with Crippen molar-refractivity contribution in [3.05, 3.63) is 51.8 Å². The summed E-state index contributed by atoms with van der Waals surface area (Å²) in [6.45, 7) is 4.56. The average Bonchev–Trinajstić information content (AvgIpc) is 3.46. The molecule has 0 atom stereocenters. The van der Waals surface area contributed by atoms with Crippen molar-refractivity contribution in [2.24, 2.45) is 0 Å². The Bertz CT molecular complexity index is 1010. The van der Waals surface area contributed by atoms with Gasteiger partial charge in [0.25, 0.3) is 5.91 Å². The van der Waals surface area contributed by atoms with E-state index < -0.39 is 0 Å². The Kier molecular flexibility index (Phi) is 4.83. The zero-order valence-electron chi connectivity index (χ0n) is 15.8. The third-order valence-electron chi connectivity index (χ3n) is 5.01. The fourth-order valence-corrected chi connectivity index (χ4v) is 4.56. The van der Waals surface area contributed by atoms with Crippen molar-refractivity contribution in [3.8, 4) is 5.75 Å². The number of carbonyl (C=O) groups excluding carboxylic acids is 1. The second kappa shape index (κ2) is 7.27. The predicted molar refractivity (Wildman–Crippen MR) is 108 cm³/mol. The maximum absolute atomic E-state index is 12.7. The lowest BCUT2D eigenvalue weighted by molar-refractivity contribution is 0.0957. The molecule has 140 valence electrons. The second-order valence-electron chi connectivity index (χ2n) is 7.00. The van der Waals surface area contributed by atoms with Crippen LogP contribution in [0.1, 0.15) is 51.1 Å². The normalized spacial score (nSPS) is 13.7. The molecule has 2 aromatic heterocycles. The van der Waals surface area contributed by atoms with Gasteiger partial charge in [-0.15, -0.1) is 11.3 Å². The summed E-state index contributed by atoms with van der Waals surface area (Å²) in [5, 5.41) is 4.06. The highest BCUT2D eigenvalue weighted by molar-refractivity contribution is 7.20. The molecule has 2 heterocycles. The smallest absolute Gasteiger partial charge is 0.261 e. The highest BCUT2D eigenvalue weighted by atomic mass is 32.1. The molecule has 0 saturated heterocycles. The monoisotopic (exact) mass is 381 g/mol. The van der Waals surface area contributed by atoms with E-state index in [1.54, 1.807) is 7.11 Å². The van der Waals surface area contributed by atoms with Crippen molar-refractivity contribution >= 4 is 27.5 Å². The first-order valence-electron chi connectivity index (χ1n) is 9.26. The van der Waals surface area contributed by atoms with Crippen LogP contribution in [0.4, 0.5) is 0 Å². The number of amides is 1. The van der Waals surface area contributed by atoms with Crippen LogP contribution in [0, 0.1) is 13.8 Å². The first kappa shape index (κ1) is 17.9. The Morgan fingerprint density at radius 3 is 2.78 bits per heavy atom. The zero-order chi connectivity index (χ0) is 19.0. The number of carbonyl (C=O) groups is 1. The summed E-state index contributed by atoms with van der Waals surface area (Å²) in [5.74, 6) is 2.25. The number of nitrogens with zero attached hydrogens (tertiary/aromatic N) is 2. The molecule has 1 N–H and O–H groups in total. The Morgan fingerprint density at radius 1 is 1.26 bits per heavy atom. The highest BCUT2D eigenvalue weighted by Gasteiger charge is 2.28. The molecule has 0 spiro atoms. The Hall–Kier alpha value is -2.47. The summed E-state index contributed by atoms with van der Waals surface area (Å²) in [4.78, 5) is 23.8. The molecule has 6 heteroatoms. The van der Waals surface area contributed by atoms with Gasteiger partial charge in [0.05, 0.1) is 17.7 Å². The predicted octanol–water partition coefficient (Wildman–Crippen LogP) is 4.17. The van der Waals surface area contributed by atoms with E-state index in [0.717, 1.165) is 49.9 Å². The number of ether oxygens (including phenoxy) is 1. The number of benzene rings is 1. The maximum atomic E-state index is 12.7. The fraction of sp³-hybridized carbons (Fsp3) is 0.381. The fourth-order valence-electron chi connectivity index (χ4n) is 3.40. The molecule has 0 bridgehead atoms. The minimum absolute atomic E-state index is 0.0437. The maximum Gasteiger partial charge on any atom is 0.261 e. The van der Waals surface area contributed by atoms with Crippen molar-refractivity contribution in [2.45, 2.75) is 39.0 Å². The number of hydrogen-bond acceptors (Lipinski definition) is 5. The molecule has 1 aliphatic rings. The SMILES string of the molecule is COc1ccccc1CCNC(=O)c1sc2nc(C3CC3)nc(C)c2c1C. The van der Waals surface area contributed by atoms with Crippen LogP contribution in [0.3, 0.4) is 0 Å². The number of para-hydroxylation sites is 1. The van der Waals surface area contributed by atoms with E-state index in [0.29, 0.717) is 12.5 Å². The number of aromatic nitrogens is 2. The van der Waals surface area contributed by atoms with E-state index in [4.69, 9.17) is 9.72 Å². The molecule has 0 radical (unpaired) electrons. The molecule has 0 aliphatic heterocycles. The van der Waals surface area contributed by atoms with Gasteiger partial charge in [0, 0.05) is 17.8 Å². The van der Waals surface area contributed by atoms with Crippen LogP contribution >= 0.6 is 11.3 Å². The molecule has 1 fully saturated rings. The minimum atomic E-state index is -0.0437. The van der Waals surface area contributed by atoms with Gasteiger partial charge in [0.1, 0.15) is 16.4 Å². The molecule has 3 aromatic rings. The third kappa shape index (κ3) is 3.54. The molecule has 1 amide bonds. The molecular formula is C21H23N3O2S. The van der Waals surface area contributed by atoms with Crippen molar-refractivity contribution in [3.63, 3.8) is 0 Å². The standard InChI is InChI=1S/C21H23N3O2S/c1-12-17-13(2)23-19(15-8-9-15)24-21(17)27-18(12)20(25)22-11-10-14-6-4-5-7-16(14)26-3/h4-7,15H,8-11H2,1-3H3,(H,22,25). The Morgan fingerprint density at radius 2 is 2.04 bits per heavy atom. The molecule has 1 aromatic carbocycles. The summed E-state index contributed by atoms with van der Waals surface area (Å²) >= 11 is 1.47. The number of fused-ring (bicyclic) bond motifs is 1. The molecule has 5 nitrogen and oxygen atoms in total. The molecular weight excluding hydrogens is 358 g/mol. The topological polar surface area (TPSA) is 64.1 Å². The minimum Gasteiger partial charge on any atom is -0.496 e. The summed E-state index contributed by atoms with van der Waals surface area (Å²) in [5.41, 5.74) is 3.04. The summed E-state index contributed by atoms with van der Waals surface area (Å²) in [7, 11) is 1.66. The number of nitrogens with one attached hydrogen (secondary N) is 1. The second-order valence-corrected chi connectivity index (χ2v) is 7.99. The van der Waals surface area contributed by atoms with E-state index in [9.17, 15) is 4.79 Å². The number of aryl methyl sites for hydroxylation is 2. The van der Waals surface area contributed by atoms with Gasteiger partial charge in [-0.2, -0.15) is 0 Å². The van der Waals surface area contributed by atoms with E-state index in [-0.39, 0.29) is 5.91 Å². The van der Waals surface area contributed by atoms with Gasteiger partial charge >= 0.3 is 0 Å². The number of rotatable bonds is 6. The number of hydrogen-bond donors (Lipinski definition) is 1. The molecule has 27 heavy (non-hydrogen) atoms. The van der Waals surface area contributed by atoms with E-state index in [1.165, 1.54) is 24.2 Å². The van der Waals surface area contributed by atoms with Crippen LogP contribution < -0.4 is 10.1 Å². The summed E-state index contributed by atoms with van der Waals surface area (Å²) in [6, 6.07) is 7.88. The van der Waals surface area contributed by atoms with Gasteiger partial charge in [0.15, 0.2) is 0 Å². The third-order valence-corrected chi connectivity index (χ3v) is 6.19.